The molecule has 0 radical (unpaired) electrons. The maximum Gasteiger partial charge on any atom is 0.350 e. The number of imidazole rings is 1. The van der Waals surface area contributed by atoms with Gasteiger partial charge in [0.1, 0.15) is 0 Å². The lowest BCUT2D eigenvalue weighted by atomic mass is 10.1. The Morgan fingerprint density at radius 2 is 1.85 bits per heavy atom. The molecule has 0 fully saturated rings. The molecule has 0 aliphatic carbocycles. The minimum Gasteiger partial charge on any atom is -0.358 e. The van der Waals surface area contributed by atoms with E-state index in [1.54, 1.807) is 14.0 Å². The first-order valence-electron chi connectivity index (χ1n) is 6.25. The van der Waals surface area contributed by atoms with Crippen molar-refractivity contribution in [3.63, 3.8) is 0 Å². The molecule has 0 aliphatic heterocycles. The molecule has 3 aromatic rings. The molecule has 0 saturated heterocycles. The largest absolute Gasteiger partial charge is 0.358 e. The van der Waals surface area contributed by atoms with Gasteiger partial charge in [-0.05, 0) is 21.8 Å². The number of aryl methyl sites for hydroxylation is 1. The Labute approximate surface area is 115 Å². The van der Waals surface area contributed by atoms with Crippen LogP contribution < -0.4 is 0 Å². The van der Waals surface area contributed by atoms with E-state index in [2.05, 4.69) is 4.98 Å². The second-order valence-corrected chi connectivity index (χ2v) is 4.71. The maximum atomic E-state index is 11.2. The van der Waals surface area contributed by atoms with Gasteiger partial charge < -0.3 is 10.1 Å². The Morgan fingerprint density at radius 3 is 2.55 bits per heavy atom. The summed E-state index contributed by atoms with van der Waals surface area (Å²) in [6.07, 6.45) is 0. The SMILES string of the molecule is Cc1nc(-c2ccc3ccccc3c2)c([N+](=O)[O-])n1C. The molecule has 0 bridgehead atoms. The van der Waals surface area contributed by atoms with Gasteiger partial charge in [-0.25, -0.2) is 9.55 Å². The summed E-state index contributed by atoms with van der Waals surface area (Å²) >= 11 is 0. The van der Waals surface area contributed by atoms with Gasteiger partial charge in [0.15, 0.2) is 11.5 Å². The number of hydrogen-bond donors (Lipinski definition) is 0. The van der Waals surface area contributed by atoms with E-state index in [0.29, 0.717) is 11.5 Å². The Morgan fingerprint density at radius 1 is 1.15 bits per heavy atom. The third-order valence-corrected chi connectivity index (χ3v) is 3.48. The van der Waals surface area contributed by atoms with Crippen LogP contribution in [0.25, 0.3) is 22.0 Å². The average Bonchev–Trinajstić information content (AvgIpc) is 2.74. The van der Waals surface area contributed by atoms with Crippen molar-refractivity contribution in [2.24, 2.45) is 7.05 Å². The molecule has 0 saturated carbocycles. The zero-order chi connectivity index (χ0) is 14.3. The van der Waals surface area contributed by atoms with E-state index in [9.17, 15) is 10.1 Å². The quantitative estimate of drug-likeness (QED) is 0.527. The first kappa shape index (κ1) is 12.3. The van der Waals surface area contributed by atoms with Gasteiger partial charge in [0.05, 0.1) is 7.05 Å². The number of nitro groups is 1. The molecule has 5 heteroatoms. The van der Waals surface area contributed by atoms with E-state index < -0.39 is 0 Å². The van der Waals surface area contributed by atoms with Crippen molar-refractivity contribution in [3.8, 4) is 11.3 Å². The lowest BCUT2D eigenvalue weighted by Crippen LogP contribution is -1.99. The lowest BCUT2D eigenvalue weighted by molar-refractivity contribution is -0.391. The summed E-state index contributed by atoms with van der Waals surface area (Å²) in [5.41, 5.74) is 1.18. The second kappa shape index (κ2) is 4.45. The fourth-order valence-electron chi connectivity index (χ4n) is 2.34. The van der Waals surface area contributed by atoms with Crippen LogP contribution >= 0.6 is 0 Å². The van der Waals surface area contributed by atoms with Gasteiger partial charge in [-0.15, -0.1) is 0 Å². The van der Waals surface area contributed by atoms with Crippen molar-refractivity contribution in [1.29, 1.82) is 0 Å². The van der Waals surface area contributed by atoms with Gasteiger partial charge in [0.25, 0.3) is 0 Å². The Kier molecular flexibility index (Phi) is 2.75. The third-order valence-electron chi connectivity index (χ3n) is 3.48. The van der Waals surface area contributed by atoms with Crippen LogP contribution in [0.15, 0.2) is 42.5 Å². The summed E-state index contributed by atoms with van der Waals surface area (Å²) in [6, 6.07) is 13.7. The van der Waals surface area contributed by atoms with Crippen LogP contribution in [0.3, 0.4) is 0 Å². The molecule has 0 N–H and O–H groups in total. The fourth-order valence-corrected chi connectivity index (χ4v) is 2.34. The van der Waals surface area contributed by atoms with Crippen LogP contribution in [0.2, 0.25) is 0 Å². The van der Waals surface area contributed by atoms with E-state index in [1.807, 2.05) is 42.5 Å². The van der Waals surface area contributed by atoms with Crippen molar-refractivity contribution in [2.75, 3.05) is 0 Å². The summed E-state index contributed by atoms with van der Waals surface area (Å²) in [5.74, 6) is 0.651. The van der Waals surface area contributed by atoms with Gasteiger partial charge in [-0.2, -0.15) is 0 Å². The normalized spacial score (nSPS) is 10.9. The molecule has 0 spiro atoms. The highest BCUT2D eigenvalue weighted by Gasteiger charge is 2.23. The van der Waals surface area contributed by atoms with Crippen LogP contribution in [-0.2, 0) is 7.05 Å². The van der Waals surface area contributed by atoms with Gasteiger partial charge in [0.2, 0.25) is 0 Å². The topological polar surface area (TPSA) is 61.0 Å². The molecule has 0 atom stereocenters. The molecule has 3 rings (SSSR count). The van der Waals surface area contributed by atoms with Crippen LogP contribution in [0.4, 0.5) is 5.82 Å². The van der Waals surface area contributed by atoms with Crippen molar-refractivity contribution in [2.45, 2.75) is 6.92 Å². The minimum absolute atomic E-state index is 0.0257. The molecule has 1 heterocycles. The van der Waals surface area contributed by atoms with Crippen molar-refractivity contribution in [3.05, 3.63) is 58.4 Å². The number of aromatic nitrogens is 2. The Hall–Kier alpha value is -2.69. The molecular formula is C15H13N3O2. The van der Waals surface area contributed by atoms with Crippen molar-refractivity contribution in [1.82, 2.24) is 9.55 Å². The van der Waals surface area contributed by atoms with E-state index >= 15 is 0 Å². The van der Waals surface area contributed by atoms with E-state index in [0.717, 1.165) is 16.3 Å². The monoisotopic (exact) mass is 267 g/mol. The molecule has 2 aromatic carbocycles. The summed E-state index contributed by atoms with van der Waals surface area (Å²) in [5, 5.41) is 13.4. The van der Waals surface area contributed by atoms with Crippen molar-refractivity contribution >= 4 is 16.6 Å². The lowest BCUT2D eigenvalue weighted by Gasteiger charge is -2.02. The average molecular weight is 267 g/mol. The predicted molar refractivity (Wildman–Crippen MR) is 77.5 cm³/mol. The molecular weight excluding hydrogens is 254 g/mol. The van der Waals surface area contributed by atoms with Crippen molar-refractivity contribution < 1.29 is 4.92 Å². The summed E-state index contributed by atoms with van der Waals surface area (Å²) < 4.78 is 1.50. The number of rotatable bonds is 2. The number of benzene rings is 2. The first-order chi connectivity index (χ1) is 9.58. The molecule has 0 aliphatic rings. The summed E-state index contributed by atoms with van der Waals surface area (Å²) in [7, 11) is 1.66. The molecule has 100 valence electrons. The second-order valence-electron chi connectivity index (χ2n) is 4.71. The van der Waals surface area contributed by atoms with Crippen LogP contribution in [-0.4, -0.2) is 14.5 Å². The van der Waals surface area contributed by atoms with E-state index in [4.69, 9.17) is 0 Å². The Bertz CT molecular complexity index is 821. The molecule has 0 amide bonds. The Balaban J connectivity index is 2.25. The highest BCUT2D eigenvalue weighted by atomic mass is 16.6. The van der Waals surface area contributed by atoms with Gasteiger partial charge >= 0.3 is 5.82 Å². The first-order valence-corrected chi connectivity index (χ1v) is 6.25. The highest BCUT2D eigenvalue weighted by molar-refractivity contribution is 5.87. The van der Waals surface area contributed by atoms with E-state index in [1.165, 1.54) is 4.57 Å². The minimum atomic E-state index is -0.384. The van der Waals surface area contributed by atoms with Gasteiger partial charge in [-0.1, -0.05) is 36.4 Å². The smallest absolute Gasteiger partial charge is 0.350 e. The zero-order valence-corrected chi connectivity index (χ0v) is 11.2. The number of nitrogens with zero attached hydrogens (tertiary/aromatic N) is 3. The van der Waals surface area contributed by atoms with E-state index in [-0.39, 0.29) is 10.7 Å². The summed E-state index contributed by atoms with van der Waals surface area (Å²) in [6.45, 7) is 1.76. The van der Waals surface area contributed by atoms with Crippen LogP contribution in [0.5, 0.6) is 0 Å². The third kappa shape index (κ3) is 1.84. The highest BCUT2D eigenvalue weighted by Crippen LogP contribution is 2.31. The van der Waals surface area contributed by atoms with Gasteiger partial charge in [0, 0.05) is 12.5 Å². The number of fused-ring (bicyclic) bond motifs is 1. The summed E-state index contributed by atoms with van der Waals surface area (Å²) in [4.78, 5) is 15.2. The fraction of sp³-hybridized carbons (Fsp3) is 0.133. The van der Waals surface area contributed by atoms with Crippen LogP contribution in [0.1, 0.15) is 5.82 Å². The molecule has 0 unspecified atom stereocenters. The number of hydrogen-bond acceptors (Lipinski definition) is 3. The molecule has 1 aromatic heterocycles. The van der Waals surface area contributed by atoms with Gasteiger partial charge in [-0.3, -0.25) is 0 Å². The molecule has 5 nitrogen and oxygen atoms in total. The van der Waals surface area contributed by atoms with Crippen LogP contribution in [0, 0.1) is 17.0 Å². The molecule has 20 heavy (non-hydrogen) atoms. The predicted octanol–water partition coefficient (Wildman–Crippen LogP) is 3.46. The zero-order valence-electron chi connectivity index (χ0n) is 11.2. The standard InChI is InChI=1S/C15H13N3O2/c1-10-16-14(15(17(10)2)18(19)20)13-8-7-11-5-3-4-6-12(11)9-13/h3-9H,1-2H3. The maximum absolute atomic E-state index is 11.2.